The summed E-state index contributed by atoms with van der Waals surface area (Å²) in [6.07, 6.45) is 2.03. The van der Waals surface area contributed by atoms with Gasteiger partial charge in [0.05, 0.1) is 17.0 Å². The first-order chi connectivity index (χ1) is 16.0. The molecule has 2 heterocycles. The normalized spacial score (nSPS) is 16.5. The Bertz CT molecular complexity index is 1280. The fourth-order valence-corrected chi connectivity index (χ4v) is 4.73. The van der Waals surface area contributed by atoms with Crippen LogP contribution >= 0.6 is 0 Å². The lowest BCUT2D eigenvalue weighted by atomic mass is 9.78. The first kappa shape index (κ1) is 24.3. The highest BCUT2D eigenvalue weighted by Crippen LogP contribution is 2.35. The van der Waals surface area contributed by atoms with Crippen LogP contribution in [0.25, 0.3) is 11.0 Å². The molecule has 1 aliphatic heterocycles. The highest BCUT2D eigenvalue weighted by Gasteiger charge is 2.29. The Hall–Kier alpha value is -2.84. The van der Waals surface area contributed by atoms with E-state index in [0.717, 1.165) is 37.1 Å². The van der Waals surface area contributed by atoms with Gasteiger partial charge in [-0.1, -0.05) is 26.0 Å². The van der Waals surface area contributed by atoms with Gasteiger partial charge in [0.15, 0.2) is 5.43 Å². The van der Waals surface area contributed by atoms with Crippen molar-refractivity contribution in [3.63, 3.8) is 0 Å². The topological polar surface area (TPSA) is 85.9 Å². The number of nitrogens with one attached hydrogen (secondary N) is 1. The molecule has 6 nitrogen and oxygen atoms in total. The second-order valence-electron chi connectivity index (χ2n) is 10.2. The summed E-state index contributed by atoms with van der Waals surface area (Å²) < 4.78 is 20.7. The van der Waals surface area contributed by atoms with Gasteiger partial charge in [0, 0.05) is 29.8 Å². The van der Waals surface area contributed by atoms with Crippen LogP contribution in [0.2, 0.25) is 0 Å². The Labute approximate surface area is 199 Å². The number of benzene rings is 2. The van der Waals surface area contributed by atoms with Crippen molar-refractivity contribution >= 4 is 35.1 Å². The smallest absolute Gasteiger partial charge is 0.440 e. The van der Waals surface area contributed by atoms with Crippen molar-refractivity contribution in [2.24, 2.45) is 5.41 Å². The maximum atomic E-state index is 14.3. The van der Waals surface area contributed by atoms with Gasteiger partial charge >= 0.3 is 7.12 Å². The number of nitrogens with zero attached hydrogens (tertiary/aromatic N) is 1. The van der Waals surface area contributed by atoms with Gasteiger partial charge in [0.2, 0.25) is 5.88 Å². The summed E-state index contributed by atoms with van der Waals surface area (Å²) in [7, 11) is -1.96. The minimum Gasteiger partial charge on any atom is -0.440 e. The van der Waals surface area contributed by atoms with Crippen molar-refractivity contribution in [2.45, 2.75) is 53.5 Å². The van der Waals surface area contributed by atoms with Gasteiger partial charge < -0.3 is 24.7 Å². The lowest BCUT2D eigenvalue weighted by Gasteiger charge is -2.37. The van der Waals surface area contributed by atoms with Crippen molar-refractivity contribution in [1.82, 2.24) is 0 Å². The number of anilines is 2. The molecule has 0 spiro atoms. The highest BCUT2D eigenvalue weighted by molar-refractivity contribution is 6.60. The predicted molar refractivity (Wildman–Crippen MR) is 135 cm³/mol. The van der Waals surface area contributed by atoms with E-state index in [-0.39, 0.29) is 22.0 Å². The second kappa shape index (κ2) is 9.08. The molecule has 0 aliphatic carbocycles. The van der Waals surface area contributed by atoms with E-state index in [0.29, 0.717) is 22.4 Å². The van der Waals surface area contributed by atoms with Gasteiger partial charge in [0.1, 0.15) is 11.4 Å². The zero-order chi connectivity index (χ0) is 24.8. The van der Waals surface area contributed by atoms with E-state index in [4.69, 9.17) is 4.42 Å². The van der Waals surface area contributed by atoms with Gasteiger partial charge in [-0.05, 0) is 62.8 Å². The van der Waals surface area contributed by atoms with Crippen LogP contribution in [0, 0.1) is 25.1 Å². The predicted octanol–water partition coefficient (Wildman–Crippen LogP) is 4.03. The van der Waals surface area contributed by atoms with Gasteiger partial charge in [-0.2, -0.15) is 0 Å². The average molecular weight is 466 g/mol. The summed E-state index contributed by atoms with van der Waals surface area (Å²) in [4.78, 5) is 15.5. The number of rotatable bonds is 5. The van der Waals surface area contributed by atoms with Crippen LogP contribution in [0.1, 0.15) is 56.3 Å². The molecule has 3 N–H and O–H groups in total. The molecule has 1 unspecified atom stereocenters. The van der Waals surface area contributed by atoms with Gasteiger partial charge in [-0.25, -0.2) is 4.39 Å². The Morgan fingerprint density at radius 1 is 1.18 bits per heavy atom. The summed E-state index contributed by atoms with van der Waals surface area (Å²) in [6.45, 7) is 11.7. The number of hydrogen-bond donors (Lipinski definition) is 3. The van der Waals surface area contributed by atoms with Crippen molar-refractivity contribution in [3.8, 4) is 0 Å². The number of fused-ring (bicyclic) bond motifs is 1. The number of hydrogen-bond acceptors (Lipinski definition) is 6. The minimum atomic E-state index is -1.96. The third kappa shape index (κ3) is 4.57. The molecular formula is C26H32BFN2O4. The molecule has 0 radical (unpaired) electrons. The van der Waals surface area contributed by atoms with E-state index in [2.05, 4.69) is 24.1 Å². The van der Waals surface area contributed by atoms with E-state index in [1.54, 1.807) is 6.07 Å². The van der Waals surface area contributed by atoms with Crippen LogP contribution in [0.3, 0.4) is 0 Å². The van der Waals surface area contributed by atoms with E-state index in [1.165, 1.54) is 12.1 Å². The van der Waals surface area contributed by atoms with Crippen LogP contribution in [-0.4, -0.2) is 30.3 Å². The maximum Gasteiger partial charge on any atom is 0.493 e. The molecule has 1 aromatic heterocycles. The first-order valence-corrected chi connectivity index (χ1v) is 11.7. The zero-order valence-corrected chi connectivity index (χ0v) is 20.4. The van der Waals surface area contributed by atoms with Crippen molar-refractivity contribution in [1.29, 1.82) is 0 Å². The summed E-state index contributed by atoms with van der Waals surface area (Å²) in [5, 5.41) is 23.0. The molecule has 8 heteroatoms. The molecule has 1 atom stereocenters. The van der Waals surface area contributed by atoms with Crippen LogP contribution in [-0.2, 0) is 0 Å². The Kier molecular flexibility index (Phi) is 6.49. The SMILES string of the molecule is Cc1cc(C(C)Nc2cccc(F)c2B(O)O)c2oc(N3CCC(C)(C)CC3)c(C)c(=O)c2c1. The van der Waals surface area contributed by atoms with E-state index in [1.807, 2.05) is 32.9 Å². The monoisotopic (exact) mass is 466 g/mol. The lowest BCUT2D eigenvalue weighted by molar-refractivity contribution is 0.274. The molecule has 34 heavy (non-hydrogen) atoms. The molecule has 0 amide bonds. The van der Waals surface area contributed by atoms with Gasteiger partial charge in [0.25, 0.3) is 0 Å². The molecule has 3 aromatic rings. The Morgan fingerprint density at radius 3 is 2.50 bits per heavy atom. The number of halogens is 1. The van der Waals surface area contributed by atoms with Gasteiger partial charge in [-0.15, -0.1) is 0 Å². The van der Waals surface area contributed by atoms with Crippen LogP contribution in [0.4, 0.5) is 16.0 Å². The molecular weight excluding hydrogens is 434 g/mol. The minimum absolute atomic E-state index is 0.0598. The third-order valence-corrected chi connectivity index (χ3v) is 6.92. The molecule has 180 valence electrons. The van der Waals surface area contributed by atoms with E-state index in [9.17, 15) is 19.2 Å². The largest absolute Gasteiger partial charge is 0.493 e. The summed E-state index contributed by atoms with van der Waals surface area (Å²) >= 11 is 0. The molecule has 1 fully saturated rings. The Morgan fingerprint density at radius 2 is 1.85 bits per heavy atom. The maximum absolute atomic E-state index is 14.3. The highest BCUT2D eigenvalue weighted by atomic mass is 19.1. The second-order valence-corrected chi connectivity index (χ2v) is 10.2. The van der Waals surface area contributed by atoms with Crippen LogP contribution < -0.4 is 21.1 Å². The lowest BCUT2D eigenvalue weighted by Crippen LogP contribution is -2.38. The summed E-state index contributed by atoms with van der Waals surface area (Å²) in [5.74, 6) is -0.110. The Balaban J connectivity index is 1.80. The molecule has 1 saturated heterocycles. The van der Waals surface area contributed by atoms with E-state index >= 15 is 0 Å². The third-order valence-electron chi connectivity index (χ3n) is 6.92. The summed E-state index contributed by atoms with van der Waals surface area (Å²) in [5.41, 5.74) is 2.98. The summed E-state index contributed by atoms with van der Waals surface area (Å²) in [6, 6.07) is 7.65. The van der Waals surface area contributed by atoms with E-state index < -0.39 is 19.0 Å². The molecule has 1 aliphatic rings. The van der Waals surface area contributed by atoms with Crippen molar-refractivity contribution in [2.75, 3.05) is 23.3 Å². The van der Waals surface area contributed by atoms with Crippen molar-refractivity contribution in [3.05, 3.63) is 63.1 Å². The van der Waals surface area contributed by atoms with Crippen LogP contribution in [0.15, 0.2) is 39.5 Å². The number of aryl methyl sites for hydroxylation is 1. The first-order valence-electron chi connectivity index (χ1n) is 11.7. The molecule has 4 rings (SSSR count). The average Bonchev–Trinajstić information content (AvgIpc) is 2.76. The van der Waals surface area contributed by atoms with Crippen molar-refractivity contribution < 1.29 is 18.9 Å². The molecule has 0 bridgehead atoms. The van der Waals surface area contributed by atoms with Gasteiger partial charge in [-0.3, -0.25) is 4.79 Å². The fourth-order valence-electron chi connectivity index (χ4n) is 4.73. The fraction of sp³-hybridized carbons (Fsp3) is 0.423. The quantitative estimate of drug-likeness (QED) is 0.493. The standard InChI is InChI=1S/C26H32BFN2O4/c1-15-13-18(17(3)29-21-8-6-7-20(28)22(21)27(32)33)24-19(14-15)23(31)16(2)25(34-24)30-11-9-26(4,5)10-12-30/h6-8,13-14,17,29,32-33H,9-12H2,1-5H3. The van der Waals surface area contributed by atoms with Crippen LogP contribution in [0.5, 0.6) is 0 Å². The molecule has 2 aromatic carbocycles. The zero-order valence-electron chi connectivity index (χ0n) is 20.4. The number of piperidine rings is 1. The molecule has 0 saturated carbocycles.